The van der Waals surface area contributed by atoms with E-state index in [4.69, 9.17) is 30.9 Å². The zero-order valence-corrected chi connectivity index (χ0v) is 27.4. The Morgan fingerprint density at radius 1 is 1.00 bits per heavy atom. The van der Waals surface area contributed by atoms with Gasteiger partial charge in [0.15, 0.2) is 5.82 Å². The van der Waals surface area contributed by atoms with E-state index in [1.807, 2.05) is 29.9 Å². The largest absolute Gasteiger partial charge is 0.487 e. The molecule has 1 saturated heterocycles. The van der Waals surface area contributed by atoms with E-state index in [0.29, 0.717) is 46.7 Å². The maximum Gasteiger partial charge on any atom is 0.257 e. The summed E-state index contributed by atoms with van der Waals surface area (Å²) >= 11 is 6.46. The Morgan fingerprint density at radius 3 is 2.52 bits per heavy atom. The third-order valence-electron chi connectivity index (χ3n) is 8.58. The first-order valence-corrected chi connectivity index (χ1v) is 16.5. The Hall–Kier alpha value is -4.73. The summed E-state index contributed by atoms with van der Waals surface area (Å²) in [6, 6.07) is 8.22. The summed E-state index contributed by atoms with van der Waals surface area (Å²) in [5, 5.41) is 19.9. The summed E-state index contributed by atoms with van der Waals surface area (Å²) in [5.74, 6) is 1.98. The fraction of sp³-hybridized carbons (Fsp3) is 0.438. The number of hydrogen-bond donors (Lipinski definition) is 1. The van der Waals surface area contributed by atoms with Crippen molar-refractivity contribution in [3.8, 4) is 22.8 Å². The molecule has 0 bridgehead atoms. The zero-order valence-electron chi connectivity index (χ0n) is 26.6. The number of aromatic nitrogens is 10. The predicted molar refractivity (Wildman–Crippen MR) is 176 cm³/mol. The number of rotatable bonds is 12. The number of tetrazole rings is 1. The minimum absolute atomic E-state index is 0.186. The number of benzene rings is 1. The smallest absolute Gasteiger partial charge is 0.257 e. The third-order valence-corrected chi connectivity index (χ3v) is 8.90. The average molecular weight is 673 g/mol. The second-order valence-corrected chi connectivity index (χ2v) is 12.3. The summed E-state index contributed by atoms with van der Waals surface area (Å²) < 4.78 is 21.4. The second-order valence-electron chi connectivity index (χ2n) is 11.9. The van der Waals surface area contributed by atoms with E-state index in [9.17, 15) is 0 Å². The van der Waals surface area contributed by atoms with E-state index >= 15 is 0 Å². The molecule has 0 amide bonds. The summed E-state index contributed by atoms with van der Waals surface area (Å²) in [4.78, 5) is 20.3. The molecule has 0 spiro atoms. The van der Waals surface area contributed by atoms with Gasteiger partial charge in [0.05, 0.1) is 37.0 Å². The van der Waals surface area contributed by atoms with Crippen LogP contribution in [0, 0.1) is 0 Å². The van der Waals surface area contributed by atoms with Crippen molar-refractivity contribution in [1.82, 2.24) is 54.8 Å². The molecule has 4 aromatic heterocycles. The van der Waals surface area contributed by atoms with Crippen molar-refractivity contribution in [2.75, 3.05) is 31.6 Å². The molecule has 15 nitrogen and oxygen atoms in total. The maximum atomic E-state index is 6.46. The Balaban J connectivity index is 1.04. The van der Waals surface area contributed by atoms with Crippen molar-refractivity contribution in [3.05, 3.63) is 72.4 Å². The molecule has 2 aliphatic rings. The highest BCUT2D eigenvalue weighted by Gasteiger charge is 2.29. The van der Waals surface area contributed by atoms with Crippen molar-refractivity contribution >= 4 is 23.2 Å². The predicted octanol–water partition coefficient (Wildman–Crippen LogP) is 4.38. The Labute approximate surface area is 282 Å². The first-order valence-electron chi connectivity index (χ1n) is 16.1. The first-order chi connectivity index (χ1) is 23.6. The molecule has 0 radical (unpaired) electrons. The van der Waals surface area contributed by atoms with Crippen LogP contribution < -0.4 is 14.8 Å². The van der Waals surface area contributed by atoms with Gasteiger partial charge in [0.2, 0.25) is 5.95 Å². The molecule has 16 heteroatoms. The van der Waals surface area contributed by atoms with Crippen LogP contribution >= 0.6 is 11.6 Å². The second kappa shape index (κ2) is 15.0. The SMILES string of the molecule is C[C@@H](Cn1cnnn1)Oc1cc(-c2cnc(Nc3cn(C4CCC(N5CCOCC5)CC4)nc3OCc3ncccn3)nc2)ccc1Cl. The molecule has 250 valence electrons. The van der Waals surface area contributed by atoms with Gasteiger partial charge in [-0.2, -0.15) is 0 Å². The minimum Gasteiger partial charge on any atom is -0.487 e. The van der Waals surface area contributed by atoms with Crippen molar-refractivity contribution in [2.24, 2.45) is 0 Å². The molecular formula is C32H37ClN12O3. The van der Waals surface area contributed by atoms with Gasteiger partial charge in [0.25, 0.3) is 5.88 Å². The molecule has 0 unspecified atom stereocenters. The quantitative estimate of drug-likeness (QED) is 0.199. The van der Waals surface area contributed by atoms with Crippen LogP contribution in [-0.4, -0.2) is 93.3 Å². The number of hydrogen-bond acceptors (Lipinski definition) is 13. The van der Waals surface area contributed by atoms with Gasteiger partial charge in [0, 0.05) is 49.5 Å². The molecule has 1 atom stereocenters. The molecular weight excluding hydrogens is 636 g/mol. The van der Waals surface area contributed by atoms with Gasteiger partial charge >= 0.3 is 0 Å². The average Bonchev–Trinajstić information content (AvgIpc) is 3.79. The van der Waals surface area contributed by atoms with Gasteiger partial charge in [-0.3, -0.25) is 9.58 Å². The molecule has 5 heterocycles. The van der Waals surface area contributed by atoms with Crippen molar-refractivity contribution in [1.29, 1.82) is 0 Å². The zero-order chi connectivity index (χ0) is 32.7. The molecule has 48 heavy (non-hydrogen) atoms. The first kappa shape index (κ1) is 31.8. The monoisotopic (exact) mass is 672 g/mol. The van der Waals surface area contributed by atoms with E-state index in [-0.39, 0.29) is 18.8 Å². The van der Waals surface area contributed by atoms with Crippen LogP contribution in [0.25, 0.3) is 11.1 Å². The fourth-order valence-corrected chi connectivity index (χ4v) is 6.30. The summed E-state index contributed by atoms with van der Waals surface area (Å²) in [6.45, 7) is 6.26. The van der Waals surface area contributed by atoms with E-state index in [1.54, 1.807) is 47.9 Å². The topological polar surface area (TPSA) is 156 Å². The summed E-state index contributed by atoms with van der Waals surface area (Å²) in [5.41, 5.74) is 2.34. The van der Waals surface area contributed by atoms with E-state index in [0.717, 1.165) is 63.1 Å². The molecule has 2 fully saturated rings. The lowest BCUT2D eigenvalue weighted by Crippen LogP contribution is -2.45. The van der Waals surface area contributed by atoms with Crippen molar-refractivity contribution < 1.29 is 14.2 Å². The van der Waals surface area contributed by atoms with Crippen LogP contribution in [-0.2, 0) is 17.9 Å². The Kier molecular flexibility index (Phi) is 9.96. The summed E-state index contributed by atoms with van der Waals surface area (Å²) in [6.07, 6.45) is 14.5. The number of nitrogens with zero attached hydrogens (tertiary/aromatic N) is 11. The van der Waals surface area contributed by atoms with Gasteiger partial charge in [0.1, 0.15) is 30.5 Å². The van der Waals surface area contributed by atoms with Crippen LogP contribution in [0.2, 0.25) is 5.02 Å². The highest BCUT2D eigenvalue weighted by molar-refractivity contribution is 6.32. The van der Waals surface area contributed by atoms with E-state index in [1.165, 1.54) is 0 Å². The van der Waals surface area contributed by atoms with Gasteiger partial charge in [-0.25, -0.2) is 24.6 Å². The van der Waals surface area contributed by atoms with Gasteiger partial charge in [-0.15, -0.1) is 10.2 Å². The van der Waals surface area contributed by atoms with Crippen molar-refractivity contribution in [3.63, 3.8) is 0 Å². The van der Waals surface area contributed by atoms with Crippen LogP contribution in [0.4, 0.5) is 11.6 Å². The molecule has 5 aromatic rings. The van der Waals surface area contributed by atoms with Crippen LogP contribution in [0.15, 0.2) is 61.6 Å². The molecule has 1 aliphatic heterocycles. The third kappa shape index (κ3) is 7.86. The van der Waals surface area contributed by atoms with Crippen LogP contribution in [0.1, 0.15) is 44.5 Å². The molecule has 7 rings (SSSR count). The fourth-order valence-electron chi connectivity index (χ4n) is 6.14. The molecule has 1 N–H and O–H groups in total. The minimum atomic E-state index is -0.213. The normalized spacial score (nSPS) is 19.1. The van der Waals surface area contributed by atoms with Crippen LogP contribution in [0.5, 0.6) is 11.6 Å². The highest BCUT2D eigenvalue weighted by Crippen LogP contribution is 2.35. The lowest BCUT2D eigenvalue weighted by molar-refractivity contribution is 0.00502. The maximum absolute atomic E-state index is 6.46. The lowest BCUT2D eigenvalue weighted by Gasteiger charge is -2.38. The Bertz CT molecular complexity index is 1740. The number of anilines is 2. The van der Waals surface area contributed by atoms with Crippen molar-refractivity contribution in [2.45, 2.75) is 63.9 Å². The number of halogens is 1. The molecule has 1 aromatic carbocycles. The Morgan fingerprint density at radius 2 is 1.77 bits per heavy atom. The molecule has 1 aliphatic carbocycles. The van der Waals surface area contributed by atoms with Gasteiger partial charge in [-0.1, -0.05) is 17.7 Å². The standard InChI is InChI=1S/C32H37ClN12O3/c1-22(18-44-21-38-41-42-44)48-29-15-23(3-8-27(29)33)24-16-36-32(37-17-24)39-28-19-45(40-31(28)47-20-30-34-9-2-10-35-30)26-6-4-25(5-7-26)43-11-13-46-14-12-43/h2-3,8-10,15-17,19,21-22,25-26H,4-7,11-14,18,20H2,1H3,(H,36,37,39)/t22-,25?,26?/m0/s1. The van der Waals surface area contributed by atoms with E-state index < -0.39 is 0 Å². The van der Waals surface area contributed by atoms with Gasteiger partial charge < -0.3 is 19.5 Å². The number of ether oxygens (including phenoxy) is 3. The van der Waals surface area contributed by atoms with E-state index in [2.05, 4.69) is 45.7 Å². The van der Waals surface area contributed by atoms with Gasteiger partial charge in [-0.05, 0) is 66.8 Å². The van der Waals surface area contributed by atoms with Crippen LogP contribution in [0.3, 0.4) is 0 Å². The lowest BCUT2D eigenvalue weighted by atomic mass is 9.90. The summed E-state index contributed by atoms with van der Waals surface area (Å²) in [7, 11) is 0. The number of nitrogens with one attached hydrogen (secondary N) is 1. The molecule has 1 saturated carbocycles. The number of morpholine rings is 1. The highest BCUT2D eigenvalue weighted by atomic mass is 35.5.